The molecule has 0 aliphatic heterocycles. The summed E-state index contributed by atoms with van der Waals surface area (Å²) in [4.78, 5) is 25.7. The van der Waals surface area contributed by atoms with Crippen LogP contribution in [0.25, 0.3) is 5.69 Å². The molecule has 2 aromatic heterocycles. The van der Waals surface area contributed by atoms with E-state index in [1.807, 2.05) is 66.7 Å². The molecule has 0 aliphatic carbocycles. The van der Waals surface area contributed by atoms with Crippen molar-refractivity contribution in [1.82, 2.24) is 9.55 Å². The third-order valence-electron chi connectivity index (χ3n) is 5.47. The Morgan fingerprint density at radius 2 is 1.38 bits per heavy atom. The zero-order chi connectivity index (χ0) is 27.5. The molecule has 0 amide bonds. The predicted molar refractivity (Wildman–Crippen MR) is 145 cm³/mol. The van der Waals surface area contributed by atoms with E-state index in [0.29, 0.717) is 24.7 Å². The van der Waals surface area contributed by atoms with Gasteiger partial charge in [-0.25, -0.2) is 4.39 Å². The first-order chi connectivity index (χ1) is 19.0. The first-order valence-electron chi connectivity index (χ1n) is 12.0. The number of ether oxygens (including phenoxy) is 2. The van der Waals surface area contributed by atoms with Crippen molar-refractivity contribution < 1.29 is 13.9 Å². The summed E-state index contributed by atoms with van der Waals surface area (Å²) in [5.74, 6) is 0.367. The second-order valence-corrected chi connectivity index (χ2v) is 8.29. The summed E-state index contributed by atoms with van der Waals surface area (Å²) in [5.41, 5.74) is 1.79. The highest BCUT2D eigenvalue weighted by Gasteiger charge is 2.08. The third kappa shape index (κ3) is 7.78. The van der Waals surface area contributed by atoms with Crippen LogP contribution in [0.2, 0.25) is 0 Å². The largest absolute Gasteiger partial charge is 0.489 e. The summed E-state index contributed by atoms with van der Waals surface area (Å²) in [5, 5.41) is 8.77. The van der Waals surface area contributed by atoms with Crippen LogP contribution in [0, 0.1) is 17.1 Å². The van der Waals surface area contributed by atoms with Gasteiger partial charge in [-0.3, -0.25) is 14.2 Å². The molecule has 3 aromatic carbocycles. The van der Waals surface area contributed by atoms with Gasteiger partial charge in [0.1, 0.15) is 30.5 Å². The predicted octanol–water partition coefficient (Wildman–Crippen LogP) is 5.38. The van der Waals surface area contributed by atoms with Crippen molar-refractivity contribution in [2.75, 3.05) is 0 Å². The Balaban J connectivity index is 0.000000202. The minimum Gasteiger partial charge on any atom is -0.489 e. The van der Waals surface area contributed by atoms with Crippen LogP contribution in [-0.4, -0.2) is 9.55 Å². The van der Waals surface area contributed by atoms with E-state index in [-0.39, 0.29) is 16.8 Å². The van der Waals surface area contributed by atoms with E-state index < -0.39 is 11.4 Å². The fourth-order valence-corrected chi connectivity index (χ4v) is 3.52. The molecule has 7 nitrogen and oxygen atoms in total. The Hall–Kier alpha value is -5.42. The number of H-pyrrole nitrogens is 1. The van der Waals surface area contributed by atoms with Gasteiger partial charge < -0.3 is 14.5 Å². The van der Waals surface area contributed by atoms with Crippen molar-refractivity contribution >= 4 is 0 Å². The topological polar surface area (TPSA) is 97.1 Å². The molecule has 0 bridgehead atoms. The summed E-state index contributed by atoms with van der Waals surface area (Å²) in [6.45, 7) is 0.819. The second kappa shape index (κ2) is 13.2. The van der Waals surface area contributed by atoms with E-state index in [4.69, 9.17) is 14.7 Å². The molecule has 39 heavy (non-hydrogen) atoms. The van der Waals surface area contributed by atoms with Crippen LogP contribution in [-0.2, 0) is 13.2 Å². The molecular formula is C31H24FN3O4. The highest BCUT2D eigenvalue weighted by Crippen LogP contribution is 2.16. The summed E-state index contributed by atoms with van der Waals surface area (Å²) in [6, 6.07) is 31.3. The van der Waals surface area contributed by atoms with Gasteiger partial charge in [-0.05, 0) is 41.5 Å². The van der Waals surface area contributed by atoms with E-state index in [0.717, 1.165) is 17.2 Å². The van der Waals surface area contributed by atoms with Crippen LogP contribution in [0.5, 0.6) is 11.5 Å². The number of pyridine rings is 2. The maximum atomic E-state index is 14.0. The fourth-order valence-electron chi connectivity index (χ4n) is 3.52. The van der Waals surface area contributed by atoms with E-state index in [1.54, 1.807) is 18.3 Å². The Bertz CT molecular complexity index is 1680. The minimum atomic E-state index is -0.630. The molecule has 0 fully saturated rings. The zero-order valence-electron chi connectivity index (χ0n) is 20.8. The SMILES string of the molecule is N#Cc1ccc(-n2ccc(OCc3ccccc3)cc2=O)c(F)c1.O=c1cc(OCc2ccccc2)cc[nH]1. The molecule has 5 rings (SSSR count). The van der Waals surface area contributed by atoms with Gasteiger partial charge in [0.25, 0.3) is 11.1 Å². The van der Waals surface area contributed by atoms with Crippen LogP contribution in [0.1, 0.15) is 16.7 Å². The van der Waals surface area contributed by atoms with Gasteiger partial charge in [-0.2, -0.15) is 5.26 Å². The molecular weight excluding hydrogens is 497 g/mol. The van der Waals surface area contributed by atoms with Gasteiger partial charge in [0.2, 0.25) is 0 Å². The van der Waals surface area contributed by atoms with Gasteiger partial charge >= 0.3 is 0 Å². The quantitative estimate of drug-likeness (QED) is 0.310. The number of nitrogens with zero attached hydrogens (tertiary/aromatic N) is 2. The molecule has 0 unspecified atom stereocenters. The molecule has 194 valence electrons. The van der Waals surface area contributed by atoms with Crippen molar-refractivity contribution in [3.05, 3.63) is 159 Å². The number of benzene rings is 3. The Kier molecular flexibility index (Phi) is 9.03. The lowest BCUT2D eigenvalue weighted by Gasteiger charge is -2.10. The Morgan fingerprint density at radius 1 is 0.769 bits per heavy atom. The van der Waals surface area contributed by atoms with Crippen molar-refractivity contribution in [3.63, 3.8) is 0 Å². The zero-order valence-corrected chi connectivity index (χ0v) is 20.8. The van der Waals surface area contributed by atoms with Gasteiger partial charge in [-0.1, -0.05) is 60.7 Å². The van der Waals surface area contributed by atoms with Gasteiger partial charge in [0, 0.05) is 24.5 Å². The standard InChI is InChI=1S/C19H13FN2O2.C12H11NO2/c20-17-10-15(12-21)6-7-18(17)22-9-8-16(11-19(22)23)24-13-14-4-2-1-3-5-14;14-12-8-11(6-7-13-12)15-9-10-4-2-1-3-5-10/h1-11H,13H2;1-8H,9H2,(H,13,14). The number of rotatable bonds is 7. The molecule has 0 atom stereocenters. The first kappa shape index (κ1) is 26.6. The van der Waals surface area contributed by atoms with Crippen molar-refractivity contribution in [1.29, 1.82) is 5.26 Å². The molecule has 0 spiro atoms. The Labute approximate surface area is 224 Å². The normalized spacial score (nSPS) is 10.1. The lowest BCUT2D eigenvalue weighted by Crippen LogP contribution is -2.18. The maximum Gasteiger partial charge on any atom is 0.258 e. The minimum absolute atomic E-state index is 0.0913. The molecule has 2 heterocycles. The van der Waals surface area contributed by atoms with E-state index in [9.17, 15) is 14.0 Å². The molecule has 0 saturated heterocycles. The van der Waals surface area contributed by atoms with Crippen LogP contribution in [0.4, 0.5) is 4.39 Å². The van der Waals surface area contributed by atoms with Crippen molar-refractivity contribution in [2.45, 2.75) is 13.2 Å². The summed E-state index contributed by atoms with van der Waals surface area (Å²) < 4.78 is 26.2. The number of aromatic nitrogens is 2. The van der Waals surface area contributed by atoms with Crippen LogP contribution >= 0.6 is 0 Å². The monoisotopic (exact) mass is 521 g/mol. The molecule has 0 radical (unpaired) electrons. The average Bonchev–Trinajstić information content (AvgIpc) is 2.97. The highest BCUT2D eigenvalue weighted by atomic mass is 19.1. The van der Waals surface area contributed by atoms with Crippen LogP contribution < -0.4 is 20.6 Å². The molecule has 0 saturated carbocycles. The van der Waals surface area contributed by atoms with Crippen molar-refractivity contribution in [3.8, 4) is 23.3 Å². The van der Waals surface area contributed by atoms with Gasteiger partial charge in [0.05, 0.1) is 17.3 Å². The molecule has 8 heteroatoms. The summed E-state index contributed by atoms with van der Waals surface area (Å²) >= 11 is 0. The number of hydrogen-bond acceptors (Lipinski definition) is 5. The van der Waals surface area contributed by atoms with Crippen LogP contribution in [0.3, 0.4) is 0 Å². The lowest BCUT2D eigenvalue weighted by molar-refractivity contribution is 0.305. The highest BCUT2D eigenvalue weighted by molar-refractivity contribution is 5.41. The Morgan fingerprint density at radius 3 is 1.92 bits per heavy atom. The summed E-state index contributed by atoms with van der Waals surface area (Å²) in [6.07, 6.45) is 3.02. The van der Waals surface area contributed by atoms with E-state index >= 15 is 0 Å². The maximum absolute atomic E-state index is 14.0. The fraction of sp³-hybridized carbons (Fsp3) is 0.0645. The average molecular weight is 522 g/mol. The van der Waals surface area contributed by atoms with E-state index in [2.05, 4.69) is 4.98 Å². The van der Waals surface area contributed by atoms with Crippen LogP contribution in [0.15, 0.2) is 125 Å². The number of aromatic amines is 1. The summed E-state index contributed by atoms with van der Waals surface area (Å²) in [7, 11) is 0. The molecule has 5 aromatic rings. The first-order valence-corrected chi connectivity index (χ1v) is 12.0. The molecule has 0 aliphatic rings. The third-order valence-corrected chi connectivity index (χ3v) is 5.47. The molecule has 1 N–H and O–H groups in total. The lowest BCUT2D eigenvalue weighted by atomic mass is 10.2. The number of nitrogens with one attached hydrogen (secondary N) is 1. The van der Waals surface area contributed by atoms with Gasteiger partial charge in [-0.15, -0.1) is 0 Å². The smallest absolute Gasteiger partial charge is 0.258 e. The second-order valence-electron chi connectivity index (χ2n) is 8.29. The number of hydrogen-bond donors (Lipinski definition) is 1. The van der Waals surface area contributed by atoms with Crippen molar-refractivity contribution in [2.24, 2.45) is 0 Å². The van der Waals surface area contributed by atoms with E-state index in [1.165, 1.54) is 35.0 Å². The van der Waals surface area contributed by atoms with Gasteiger partial charge in [0.15, 0.2) is 0 Å². The number of nitriles is 1. The number of halogens is 1.